The lowest BCUT2D eigenvalue weighted by Gasteiger charge is -2.24. The standard InChI is InChI=1S/C26H32N2O2/c1-4-19-15-23-21(17-27(2)3)18-28(26(29)20-11-7-5-8-12-20)25(23)24(16-19)30-22-13-9-6-10-14-22/h5,7-8,11-12,15-16,18,22H,4,6,9-10,13-14,17H2,1-3H3. The molecule has 30 heavy (non-hydrogen) atoms. The van der Waals surface area contributed by atoms with Gasteiger partial charge in [-0.2, -0.15) is 0 Å². The topological polar surface area (TPSA) is 34.5 Å². The van der Waals surface area contributed by atoms with Crippen molar-refractivity contribution in [1.82, 2.24) is 9.47 Å². The zero-order valence-corrected chi connectivity index (χ0v) is 18.4. The van der Waals surface area contributed by atoms with E-state index in [0.29, 0.717) is 5.56 Å². The number of hydrogen-bond acceptors (Lipinski definition) is 3. The van der Waals surface area contributed by atoms with Crippen molar-refractivity contribution in [1.29, 1.82) is 0 Å². The second kappa shape index (κ2) is 9.05. The van der Waals surface area contributed by atoms with Crippen molar-refractivity contribution in [3.05, 3.63) is 65.4 Å². The van der Waals surface area contributed by atoms with Gasteiger partial charge in [0.05, 0.1) is 11.6 Å². The quantitative estimate of drug-likeness (QED) is 0.531. The van der Waals surface area contributed by atoms with Gasteiger partial charge in [0.25, 0.3) is 5.91 Å². The maximum absolute atomic E-state index is 13.5. The van der Waals surface area contributed by atoms with E-state index in [1.807, 2.05) is 36.5 Å². The summed E-state index contributed by atoms with van der Waals surface area (Å²) in [6, 6.07) is 13.9. The van der Waals surface area contributed by atoms with Gasteiger partial charge in [0, 0.05) is 23.7 Å². The minimum Gasteiger partial charge on any atom is -0.488 e. The molecule has 0 spiro atoms. The van der Waals surface area contributed by atoms with Gasteiger partial charge in [-0.05, 0) is 81.6 Å². The number of fused-ring (bicyclic) bond motifs is 1. The molecular formula is C26H32N2O2. The molecule has 1 aromatic heterocycles. The van der Waals surface area contributed by atoms with E-state index in [1.54, 1.807) is 4.57 Å². The number of benzene rings is 2. The molecule has 0 N–H and O–H groups in total. The molecule has 0 atom stereocenters. The van der Waals surface area contributed by atoms with Crippen LogP contribution < -0.4 is 4.74 Å². The Hall–Kier alpha value is -2.59. The average Bonchev–Trinajstić information content (AvgIpc) is 3.12. The van der Waals surface area contributed by atoms with Gasteiger partial charge in [-0.25, -0.2) is 0 Å². The third-order valence-electron chi connectivity index (χ3n) is 5.99. The van der Waals surface area contributed by atoms with Crippen LogP contribution in [0.2, 0.25) is 0 Å². The summed E-state index contributed by atoms with van der Waals surface area (Å²) in [6.45, 7) is 2.95. The minimum absolute atomic E-state index is 0.0108. The highest BCUT2D eigenvalue weighted by Crippen LogP contribution is 2.35. The Morgan fingerprint density at radius 1 is 1.10 bits per heavy atom. The summed E-state index contributed by atoms with van der Waals surface area (Å²) in [4.78, 5) is 15.6. The monoisotopic (exact) mass is 404 g/mol. The van der Waals surface area contributed by atoms with E-state index in [-0.39, 0.29) is 12.0 Å². The van der Waals surface area contributed by atoms with Gasteiger partial charge in [-0.15, -0.1) is 0 Å². The molecule has 0 aliphatic heterocycles. The van der Waals surface area contributed by atoms with Gasteiger partial charge < -0.3 is 9.64 Å². The van der Waals surface area contributed by atoms with Gasteiger partial charge in [0.15, 0.2) is 0 Å². The molecule has 1 fully saturated rings. The number of aryl methyl sites for hydroxylation is 1. The number of ether oxygens (including phenoxy) is 1. The molecule has 2 aromatic carbocycles. The van der Waals surface area contributed by atoms with Crippen LogP contribution >= 0.6 is 0 Å². The molecule has 1 aliphatic carbocycles. The van der Waals surface area contributed by atoms with E-state index in [4.69, 9.17) is 4.74 Å². The van der Waals surface area contributed by atoms with Crippen LogP contribution in [0.5, 0.6) is 5.75 Å². The Morgan fingerprint density at radius 3 is 2.50 bits per heavy atom. The van der Waals surface area contributed by atoms with Crippen LogP contribution in [0, 0.1) is 0 Å². The van der Waals surface area contributed by atoms with Crippen LogP contribution in [0.25, 0.3) is 10.9 Å². The van der Waals surface area contributed by atoms with E-state index < -0.39 is 0 Å². The van der Waals surface area contributed by atoms with E-state index in [0.717, 1.165) is 48.0 Å². The Morgan fingerprint density at radius 2 is 1.83 bits per heavy atom. The van der Waals surface area contributed by atoms with Crippen LogP contribution in [-0.2, 0) is 13.0 Å². The first-order valence-electron chi connectivity index (χ1n) is 11.1. The first kappa shape index (κ1) is 20.7. The largest absolute Gasteiger partial charge is 0.488 e. The third-order valence-corrected chi connectivity index (χ3v) is 5.99. The Balaban J connectivity index is 1.87. The van der Waals surface area contributed by atoms with Crippen LogP contribution in [0.4, 0.5) is 0 Å². The maximum Gasteiger partial charge on any atom is 0.262 e. The first-order valence-corrected chi connectivity index (χ1v) is 11.1. The SMILES string of the molecule is CCc1cc(OC2CCCCC2)c2c(c1)c(CN(C)C)cn2C(=O)c1ccccc1. The molecule has 0 unspecified atom stereocenters. The van der Waals surface area contributed by atoms with E-state index in [1.165, 1.54) is 24.8 Å². The van der Waals surface area contributed by atoms with Crippen molar-refractivity contribution in [3.8, 4) is 5.75 Å². The minimum atomic E-state index is -0.0108. The van der Waals surface area contributed by atoms with E-state index in [9.17, 15) is 4.79 Å². The van der Waals surface area contributed by atoms with Crippen LogP contribution in [0.3, 0.4) is 0 Å². The smallest absolute Gasteiger partial charge is 0.262 e. The Kier molecular flexibility index (Phi) is 6.24. The van der Waals surface area contributed by atoms with Crippen molar-refractivity contribution in [3.63, 3.8) is 0 Å². The summed E-state index contributed by atoms with van der Waals surface area (Å²) in [6.07, 6.45) is 9.10. The predicted octanol–water partition coefficient (Wildman–Crippen LogP) is 5.67. The van der Waals surface area contributed by atoms with Crippen molar-refractivity contribution >= 4 is 16.8 Å². The van der Waals surface area contributed by atoms with Gasteiger partial charge in [-0.3, -0.25) is 9.36 Å². The highest BCUT2D eigenvalue weighted by molar-refractivity contribution is 6.04. The molecule has 1 heterocycles. The normalized spacial score (nSPS) is 15.1. The second-order valence-electron chi connectivity index (χ2n) is 8.65. The van der Waals surface area contributed by atoms with E-state index >= 15 is 0 Å². The molecule has 158 valence electrons. The summed E-state index contributed by atoms with van der Waals surface area (Å²) < 4.78 is 8.38. The van der Waals surface area contributed by atoms with Crippen molar-refractivity contribution in [2.45, 2.75) is 58.1 Å². The van der Waals surface area contributed by atoms with Crippen LogP contribution in [-0.4, -0.2) is 35.6 Å². The van der Waals surface area contributed by atoms with Gasteiger partial charge in [0.2, 0.25) is 0 Å². The highest BCUT2D eigenvalue weighted by Gasteiger charge is 2.23. The molecule has 4 nitrogen and oxygen atoms in total. The Bertz CT molecular complexity index is 1010. The van der Waals surface area contributed by atoms with Crippen molar-refractivity contribution in [2.24, 2.45) is 0 Å². The summed E-state index contributed by atoms with van der Waals surface area (Å²) >= 11 is 0. The van der Waals surface area contributed by atoms with Gasteiger partial charge in [0.1, 0.15) is 5.75 Å². The molecule has 0 bridgehead atoms. The number of hydrogen-bond donors (Lipinski definition) is 0. The summed E-state index contributed by atoms with van der Waals surface area (Å²) in [5.74, 6) is 0.842. The molecule has 0 saturated heterocycles. The molecule has 3 aromatic rings. The molecule has 1 saturated carbocycles. The van der Waals surface area contributed by atoms with Crippen molar-refractivity contribution in [2.75, 3.05) is 14.1 Å². The summed E-state index contributed by atoms with van der Waals surface area (Å²) in [5.41, 5.74) is 4.00. The fourth-order valence-corrected chi connectivity index (χ4v) is 4.45. The lowest BCUT2D eigenvalue weighted by atomic mass is 9.97. The lowest BCUT2D eigenvalue weighted by molar-refractivity contribution is 0.0962. The molecule has 4 rings (SSSR count). The first-order chi connectivity index (χ1) is 14.6. The molecular weight excluding hydrogens is 372 g/mol. The summed E-state index contributed by atoms with van der Waals surface area (Å²) in [5, 5.41) is 1.12. The molecule has 0 radical (unpaired) electrons. The fourth-order valence-electron chi connectivity index (χ4n) is 4.45. The number of rotatable bonds is 6. The molecule has 1 aliphatic rings. The summed E-state index contributed by atoms with van der Waals surface area (Å²) in [7, 11) is 4.12. The van der Waals surface area contributed by atoms with Gasteiger partial charge >= 0.3 is 0 Å². The Labute approximate surface area is 179 Å². The van der Waals surface area contributed by atoms with Gasteiger partial charge in [-0.1, -0.05) is 31.5 Å². The zero-order chi connectivity index (χ0) is 21.1. The van der Waals surface area contributed by atoms with Crippen molar-refractivity contribution < 1.29 is 9.53 Å². The number of aromatic nitrogens is 1. The molecule has 4 heteroatoms. The predicted molar refractivity (Wildman–Crippen MR) is 122 cm³/mol. The maximum atomic E-state index is 13.5. The number of nitrogens with zero attached hydrogens (tertiary/aromatic N) is 2. The number of carbonyl (C=O) groups is 1. The van der Waals surface area contributed by atoms with Crippen LogP contribution in [0.15, 0.2) is 48.7 Å². The highest BCUT2D eigenvalue weighted by atomic mass is 16.5. The third kappa shape index (κ3) is 4.29. The fraction of sp³-hybridized carbons (Fsp3) is 0.423. The van der Waals surface area contributed by atoms with Crippen LogP contribution in [0.1, 0.15) is 60.5 Å². The zero-order valence-electron chi connectivity index (χ0n) is 18.4. The average molecular weight is 405 g/mol. The number of carbonyl (C=O) groups excluding carboxylic acids is 1. The second-order valence-corrected chi connectivity index (χ2v) is 8.65. The van der Waals surface area contributed by atoms with E-state index in [2.05, 4.69) is 38.1 Å². The lowest BCUT2D eigenvalue weighted by Crippen LogP contribution is -2.20. The molecule has 0 amide bonds.